The minimum Gasteiger partial charge on any atom is -0.423 e. The zero-order chi connectivity index (χ0) is 12.8. The Bertz CT molecular complexity index is 491. The van der Waals surface area contributed by atoms with Crippen molar-refractivity contribution in [1.82, 2.24) is 0 Å². The second-order valence-electron chi connectivity index (χ2n) is 3.51. The second kappa shape index (κ2) is 3.54. The number of carbonyl (C=O) groups is 1. The number of nitrogens with two attached hydrogens (primary N) is 1. The van der Waals surface area contributed by atoms with Gasteiger partial charge in [0.1, 0.15) is 5.82 Å². The number of nitrogen functional groups attached to an aromatic ring is 1. The Kier molecular flexibility index (Phi) is 2.41. The van der Waals surface area contributed by atoms with E-state index in [4.69, 9.17) is 5.73 Å². The molecule has 0 unspecified atom stereocenters. The number of anilines is 2. The van der Waals surface area contributed by atoms with Crippen LogP contribution in [-0.2, 0) is 4.79 Å². The Morgan fingerprint density at radius 3 is 2.71 bits per heavy atom. The van der Waals surface area contributed by atoms with Crippen LogP contribution in [0.4, 0.5) is 24.5 Å². The van der Waals surface area contributed by atoms with Crippen LogP contribution in [0.1, 0.15) is 6.92 Å². The fraction of sp³-hybridized carbons (Fsp3) is 0.300. The molecule has 17 heavy (non-hydrogen) atoms. The van der Waals surface area contributed by atoms with E-state index in [0.717, 1.165) is 17.0 Å². The Hall–Kier alpha value is -1.92. The van der Waals surface area contributed by atoms with Crippen molar-refractivity contribution in [3.63, 3.8) is 0 Å². The maximum absolute atomic E-state index is 13.2. The SMILES string of the molecule is CCN1C(=O)C(F)(F)Oc2cc(F)c(N)cc21. The number of carbonyl (C=O) groups excluding carboxylic acids is 1. The van der Waals surface area contributed by atoms with E-state index in [2.05, 4.69) is 4.74 Å². The molecular formula is C10H9F3N2O2. The van der Waals surface area contributed by atoms with Crippen molar-refractivity contribution in [3.8, 4) is 5.75 Å². The monoisotopic (exact) mass is 246 g/mol. The first-order valence-corrected chi connectivity index (χ1v) is 4.84. The van der Waals surface area contributed by atoms with Crippen molar-refractivity contribution >= 4 is 17.3 Å². The maximum atomic E-state index is 13.2. The summed E-state index contributed by atoms with van der Waals surface area (Å²) < 4.78 is 43.7. The summed E-state index contributed by atoms with van der Waals surface area (Å²) >= 11 is 0. The molecule has 1 aliphatic rings. The molecule has 0 atom stereocenters. The largest absolute Gasteiger partial charge is 0.482 e. The van der Waals surface area contributed by atoms with Gasteiger partial charge in [-0.05, 0) is 13.0 Å². The van der Waals surface area contributed by atoms with Crippen LogP contribution in [0.5, 0.6) is 5.75 Å². The lowest BCUT2D eigenvalue weighted by Gasteiger charge is -2.32. The number of likely N-dealkylation sites (N-methyl/N-ethyl adjacent to an activating group) is 1. The van der Waals surface area contributed by atoms with E-state index in [1.54, 1.807) is 0 Å². The topological polar surface area (TPSA) is 55.6 Å². The van der Waals surface area contributed by atoms with E-state index in [0.29, 0.717) is 0 Å². The Morgan fingerprint density at radius 1 is 1.47 bits per heavy atom. The van der Waals surface area contributed by atoms with E-state index < -0.39 is 23.6 Å². The average molecular weight is 246 g/mol. The highest BCUT2D eigenvalue weighted by atomic mass is 19.3. The molecule has 1 aromatic carbocycles. The van der Waals surface area contributed by atoms with Gasteiger partial charge in [-0.1, -0.05) is 0 Å². The third kappa shape index (κ3) is 1.67. The van der Waals surface area contributed by atoms with Gasteiger partial charge in [0.05, 0.1) is 11.4 Å². The molecule has 7 heteroatoms. The number of ether oxygens (including phenoxy) is 1. The van der Waals surface area contributed by atoms with Crippen molar-refractivity contribution in [2.24, 2.45) is 0 Å². The summed E-state index contributed by atoms with van der Waals surface area (Å²) in [5.41, 5.74) is 5.13. The molecule has 1 amide bonds. The maximum Gasteiger partial charge on any atom is 0.482 e. The predicted octanol–water partition coefficient (Wildman–Crippen LogP) is 1.75. The fourth-order valence-corrected chi connectivity index (χ4v) is 1.61. The molecular weight excluding hydrogens is 237 g/mol. The molecule has 2 N–H and O–H groups in total. The van der Waals surface area contributed by atoms with Gasteiger partial charge in [-0.25, -0.2) is 4.39 Å². The Labute approximate surface area is 94.8 Å². The van der Waals surface area contributed by atoms with Crippen molar-refractivity contribution in [2.45, 2.75) is 13.0 Å². The molecule has 0 bridgehead atoms. The van der Waals surface area contributed by atoms with E-state index in [1.807, 2.05) is 0 Å². The van der Waals surface area contributed by atoms with Crippen molar-refractivity contribution in [1.29, 1.82) is 0 Å². The summed E-state index contributed by atoms with van der Waals surface area (Å²) in [5.74, 6) is -2.76. The van der Waals surface area contributed by atoms with Crippen LogP contribution in [0.3, 0.4) is 0 Å². The van der Waals surface area contributed by atoms with Crippen LogP contribution >= 0.6 is 0 Å². The van der Waals surface area contributed by atoms with E-state index in [9.17, 15) is 18.0 Å². The molecule has 0 radical (unpaired) electrons. The summed E-state index contributed by atoms with van der Waals surface area (Å²) in [5, 5.41) is 0. The molecule has 0 fully saturated rings. The Balaban J connectivity index is 2.60. The quantitative estimate of drug-likeness (QED) is 0.768. The third-order valence-electron chi connectivity index (χ3n) is 2.42. The summed E-state index contributed by atoms with van der Waals surface area (Å²) in [6, 6.07) is 1.84. The summed E-state index contributed by atoms with van der Waals surface area (Å²) in [4.78, 5) is 12.2. The van der Waals surface area contributed by atoms with Crippen molar-refractivity contribution in [2.75, 3.05) is 17.2 Å². The number of hydrogen-bond donors (Lipinski definition) is 1. The van der Waals surface area contributed by atoms with E-state index >= 15 is 0 Å². The van der Waals surface area contributed by atoms with Crippen LogP contribution in [0.15, 0.2) is 12.1 Å². The number of amides is 1. The molecule has 2 rings (SSSR count). The number of benzene rings is 1. The first kappa shape index (κ1) is 11.6. The Morgan fingerprint density at radius 2 is 2.12 bits per heavy atom. The van der Waals surface area contributed by atoms with Gasteiger partial charge < -0.3 is 15.4 Å². The summed E-state index contributed by atoms with van der Waals surface area (Å²) in [6.45, 7) is 1.53. The van der Waals surface area contributed by atoms with Gasteiger partial charge in [-0.3, -0.25) is 4.79 Å². The zero-order valence-corrected chi connectivity index (χ0v) is 8.84. The van der Waals surface area contributed by atoms with Crippen LogP contribution in [0.25, 0.3) is 0 Å². The lowest BCUT2D eigenvalue weighted by molar-refractivity contribution is -0.192. The molecule has 0 saturated carbocycles. The number of fused-ring (bicyclic) bond motifs is 1. The lowest BCUT2D eigenvalue weighted by Crippen LogP contribution is -2.50. The smallest absolute Gasteiger partial charge is 0.423 e. The van der Waals surface area contributed by atoms with Crippen LogP contribution in [0, 0.1) is 5.82 Å². The third-order valence-corrected chi connectivity index (χ3v) is 2.42. The minimum atomic E-state index is -3.98. The number of halogens is 3. The van der Waals surface area contributed by atoms with E-state index in [-0.39, 0.29) is 17.9 Å². The van der Waals surface area contributed by atoms with Crippen LogP contribution < -0.4 is 15.4 Å². The van der Waals surface area contributed by atoms with Gasteiger partial charge in [0.2, 0.25) is 0 Å². The second-order valence-corrected chi connectivity index (χ2v) is 3.51. The van der Waals surface area contributed by atoms with Crippen molar-refractivity contribution < 1.29 is 22.7 Å². The van der Waals surface area contributed by atoms with Crippen molar-refractivity contribution in [3.05, 3.63) is 17.9 Å². The van der Waals surface area contributed by atoms with Crippen LogP contribution in [0.2, 0.25) is 0 Å². The van der Waals surface area contributed by atoms with Gasteiger partial charge in [-0.15, -0.1) is 0 Å². The van der Waals surface area contributed by atoms with Gasteiger partial charge in [0.15, 0.2) is 5.75 Å². The fourth-order valence-electron chi connectivity index (χ4n) is 1.61. The van der Waals surface area contributed by atoms with Gasteiger partial charge in [0, 0.05) is 12.6 Å². The molecule has 1 heterocycles. The zero-order valence-electron chi connectivity index (χ0n) is 8.84. The van der Waals surface area contributed by atoms with Gasteiger partial charge in [-0.2, -0.15) is 8.78 Å². The minimum absolute atomic E-state index is 0.00978. The molecule has 4 nitrogen and oxygen atoms in total. The molecule has 1 aliphatic heterocycles. The highest BCUT2D eigenvalue weighted by Gasteiger charge is 2.50. The molecule has 0 aromatic heterocycles. The standard InChI is InChI=1S/C10H9F3N2O2/c1-2-15-7-4-6(14)5(11)3-8(7)17-10(12,13)9(15)16/h3-4H,2,14H2,1H3. The highest BCUT2D eigenvalue weighted by Crippen LogP contribution is 2.41. The average Bonchev–Trinajstić information content (AvgIpc) is 2.23. The first-order valence-electron chi connectivity index (χ1n) is 4.84. The van der Waals surface area contributed by atoms with Gasteiger partial charge in [0.25, 0.3) is 0 Å². The first-order chi connectivity index (χ1) is 7.86. The summed E-state index contributed by atoms with van der Waals surface area (Å²) in [6.07, 6.45) is -3.98. The number of hydrogen-bond acceptors (Lipinski definition) is 3. The number of rotatable bonds is 1. The summed E-state index contributed by atoms with van der Waals surface area (Å²) in [7, 11) is 0. The molecule has 0 saturated heterocycles. The van der Waals surface area contributed by atoms with Crippen LogP contribution in [-0.4, -0.2) is 18.6 Å². The normalized spacial score (nSPS) is 17.6. The predicted molar refractivity (Wildman–Crippen MR) is 54.4 cm³/mol. The van der Waals surface area contributed by atoms with E-state index in [1.165, 1.54) is 6.92 Å². The number of alkyl halides is 2. The number of nitrogens with zero attached hydrogens (tertiary/aromatic N) is 1. The molecule has 0 aliphatic carbocycles. The molecule has 1 aromatic rings. The molecule has 92 valence electrons. The lowest BCUT2D eigenvalue weighted by atomic mass is 10.2. The molecule has 0 spiro atoms. The highest BCUT2D eigenvalue weighted by molar-refractivity contribution is 6.01. The van der Waals surface area contributed by atoms with Gasteiger partial charge >= 0.3 is 12.0 Å².